The maximum absolute atomic E-state index is 12.0. The van der Waals surface area contributed by atoms with E-state index in [1.165, 1.54) is 6.20 Å². The standard InChI is InChI=1S/C14H11Cl2N5O2/c15-10-3-1-9(2-4-10)5-17-13(22)14-19-12(20-23-14)8-21-7-11(16)6-18-21/h1-4,6-7H,5,8H2,(H,17,22). The van der Waals surface area contributed by atoms with E-state index in [1.807, 2.05) is 12.1 Å². The van der Waals surface area contributed by atoms with Crippen molar-refractivity contribution in [3.63, 3.8) is 0 Å². The van der Waals surface area contributed by atoms with E-state index in [1.54, 1.807) is 23.0 Å². The minimum absolute atomic E-state index is 0.104. The maximum atomic E-state index is 12.0. The molecule has 0 fully saturated rings. The highest BCUT2D eigenvalue weighted by Gasteiger charge is 2.15. The van der Waals surface area contributed by atoms with Crippen LogP contribution in [0.3, 0.4) is 0 Å². The van der Waals surface area contributed by atoms with E-state index in [-0.39, 0.29) is 12.4 Å². The summed E-state index contributed by atoms with van der Waals surface area (Å²) in [4.78, 5) is 16.0. The zero-order valence-corrected chi connectivity index (χ0v) is 13.3. The van der Waals surface area contributed by atoms with Gasteiger partial charge in [-0.2, -0.15) is 10.1 Å². The van der Waals surface area contributed by atoms with Crippen molar-refractivity contribution in [2.24, 2.45) is 0 Å². The molecule has 118 valence electrons. The molecule has 23 heavy (non-hydrogen) atoms. The number of amides is 1. The summed E-state index contributed by atoms with van der Waals surface area (Å²) in [6, 6.07) is 7.15. The molecule has 1 N–H and O–H groups in total. The smallest absolute Gasteiger partial charge is 0.316 e. The van der Waals surface area contributed by atoms with Crippen molar-refractivity contribution in [1.82, 2.24) is 25.2 Å². The van der Waals surface area contributed by atoms with E-state index in [0.29, 0.717) is 22.4 Å². The Morgan fingerprint density at radius 3 is 2.70 bits per heavy atom. The van der Waals surface area contributed by atoms with Crippen LogP contribution in [0.4, 0.5) is 0 Å². The third-order valence-electron chi connectivity index (χ3n) is 2.93. The zero-order valence-electron chi connectivity index (χ0n) is 11.7. The SMILES string of the molecule is O=C(NCc1ccc(Cl)cc1)c1nc(Cn2cc(Cl)cn2)no1. The molecule has 3 aromatic rings. The molecule has 0 unspecified atom stereocenters. The molecule has 2 aromatic heterocycles. The molecule has 0 aliphatic rings. The summed E-state index contributed by atoms with van der Waals surface area (Å²) in [6.45, 7) is 0.600. The molecule has 0 aliphatic heterocycles. The van der Waals surface area contributed by atoms with Gasteiger partial charge in [-0.25, -0.2) is 0 Å². The Bertz CT molecular complexity index is 813. The van der Waals surface area contributed by atoms with Gasteiger partial charge < -0.3 is 9.84 Å². The minimum Gasteiger partial charge on any atom is -0.344 e. The van der Waals surface area contributed by atoms with Crippen molar-refractivity contribution in [3.05, 3.63) is 64.0 Å². The summed E-state index contributed by atoms with van der Waals surface area (Å²) in [5, 5.41) is 11.6. The summed E-state index contributed by atoms with van der Waals surface area (Å²) in [7, 11) is 0. The van der Waals surface area contributed by atoms with Crippen LogP contribution in [-0.2, 0) is 13.1 Å². The third kappa shape index (κ3) is 4.08. The Hall–Kier alpha value is -2.38. The molecule has 0 saturated heterocycles. The molecule has 0 radical (unpaired) electrons. The fraction of sp³-hybridized carbons (Fsp3) is 0.143. The molecule has 2 heterocycles. The fourth-order valence-corrected chi connectivity index (χ4v) is 2.12. The molecule has 0 spiro atoms. The van der Waals surface area contributed by atoms with Crippen molar-refractivity contribution in [1.29, 1.82) is 0 Å². The van der Waals surface area contributed by atoms with Crippen molar-refractivity contribution >= 4 is 29.1 Å². The molecule has 0 atom stereocenters. The first-order chi connectivity index (χ1) is 11.1. The van der Waals surface area contributed by atoms with Crippen molar-refractivity contribution in [2.45, 2.75) is 13.1 Å². The van der Waals surface area contributed by atoms with Gasteiger partial charge in [0.1, 0.15) is 6.54 Å². The maximum Gasteiger partial charge on any atom is 0.316 e. The van der Waals surface area contributed by atoms with Crippen molar-refractivity contribution < 1.29 is 9.32 Å². The van der Waals surface area contributed by atoms with Gasteiger partial charge in [0.25, 0.3) is 0 Å². The van der Waals surface area contributed by atoms with Crippen LogP contribution in [0.5, 0.6) is 0 Å². The lowest BCUT2D eigenvalue weighted by Gasteiger charge is -2.02. The topological polar surface area (TPSA) is 85.8 Å². The van der Waals surface area contributed by atoms with Crippen LogP contribution in [-0.4, -0.2) is 25.8 Å². The number of aromatic nitrogens is 4. The van der Waals surface area contributed by atoms with Gasteiger partial charge >= 0.3 is 11.8 Å². The van der Waals surface area contributed by atoms with Crippen LogP contribution in [0.25, 0.3) is 0 Å². The van der Waals surface area contributed by atoms with E-state index in [9.17, 15) is 4.79 Å². The lowest BCUT2D eigenvalue weighted by Crippen LogP contribution is -2.23. The second kappa shape index (κ2) is 6.80. The molecule has 0 bridgehead atoms. The molecular formula is C14H11Cl2N5O2. The third-order valence-corrected chi connectivity index (χ3v) is 3.38. The summed E-state index contributed by atoms with van der Waals surface area (Å²) in [5.41, 5.74) is 0.911. The van der Waals surface area contributed by atoms with E-state index in [0.717, 1.165) is 5.56 Å². The second-order valence-electron chi connectivity index (χ2n) is 4.68. The molecule has 7 nitrogen and oxygen atoms in total. The van der Waals surface area contributed by atoms with Gasteiger partial charge in [0, 0.05) is 17.8 Å². The van der Waals surface area contributed by atoms with Crippen molar-refractivity contribution in [3.8, 4) is 0 Å². The fourth-order valence-electron chi connectivity index (χ4n) is 1.84. The number of benzene rings is 1. The van der Waals surface area contributed by atoms with Crippen LogP contribution in [0.2, 0.25) is 10.0 Å². The van der Waals surface area contributed by atoms with Crippen LogP contribution >= 0.6 is 23.2 Å². The Kier molecular flexibility index (Phi) is 4.59. The number of rotatable bonds is 5. The average Bonchev–Trinajstić information content (AvgIpc) is 3.16. The van der Waals surface area contributed by atoms with E-state index >= 15 is 0 Å². The highest BCUT2D eigenvalue weighted by Crippen LogP contribution is 2.10. The lowest BCUT2D eigenvalue weighted by molar-refractivity contribution is 0.0907. The van der Waals surface area contributed by atoms with Gasteiger partial charge in [-0.3, -0.25) is 9.48 Å². The predicted octanol–water partition coefficient (Wildman–Crippen LogP) is 2.55. The minimum atomic E-state index is -0.447. The first-order valence-electron chi connectivity index (χ1n) is 6.63. The zero-order chi connectivity index (χ0) is 16.2. The summed E-state index contributed by atoms with van der Waals surface area (Å²) in [5.74, 6) is -0.217. The number of carbonyl (C=O) groups is 1. The second-order valence-corrected chi connectivity index (χ2v) is 5.55. The number of nitrogens with zero attached hydrogens (tertiary/aromatic N) is 4. The number of nitrogens with one attached hydrogen (secondary N) is 1. The van der Waals surface area contributed by atoms with Gasteiger partial charge in [-0.05, 0) is 17.7 Å². The average molecular weight is 352 g/mol. The lowest BCUT2D eigenvalue weighted by atomic mass is 10.2. The van der Waals surface area contributed by atoms with Gasteiger partial charge in [-0.1, -0.05) is 40.5 Å². The molecule has 1 aromatic carbocycles. The Morgan fingerprint density at radius 1 is 1.22 bits per heavy atom. The molecule has 9 heteroatoms. The summed E-state index contributed by atoms with van der Waals surface area (Å²) < 4.78 is 6.49. The van der Waals surface area contributed by atoms with E-state index < -0.39 is 5.91 Å². The number of carbonyl (C=O) groups excluding carboxylic acids is 1. The Morgan fingerprint density at radius 2 is 2.00 bits per heavy atom. The quantitative estimate of drug-likeness (QED) is 0.763. The first-order valence-corrected chi connectivity index (χ1v) is 7.39. The first kappa shape index (κ1) is 15.5. The summed E-state index contributed by atoms with van der Waals surface area (Å²) in [6.07, 6.45) is 3.12. The highest BCUT2D eigenvalue weighted by atomic mass is 35.5. The number of hydrogen-bond donors (Lipinski definition) is 1. The molecular weight excluding hydrogens is 341 g/mol. The number of hydrogen-bond acceptors (Lipinski definition) is 5. The van der Waals surface area contributed by atoms with Crippen LogP contribution < -0.4 is 5.32 Å². The Labute approximate surface area is 141 Å². The molecule has 1 amide bonds. The molecule has 0 saturated carbocycles. The van der Waals surface area contributed by atoms with Crippen LogP contribution in [0.1, 0.15) is 22.1 Å². The van der Waals surface area contributed by atoms with Crippen LogP contribution in [0.15, 0.2) is 41.2 Å². The highest BCUT2D eigenvalue weighted by molar-refractivity contribution is 6.30. The van der Waals surface area contributed by atoms with E-state index in [4.69, 9.17) is 27.7 Å². The molecule has 3 rings (SSSR count). The van der Waals surface area contributed by atoms with Gasteiger partial charge in [0.05, 0.1) is 11.2 Å². The van der Waals surface area contributed by atoms with Crippen molar-refractivity contribution in [2.75, 3.05) is 0 Å². The van der Waals surface area contributed by atoms with Gasteiger partial charge in [0.2, 0.25) is 0 Å². The number of halogens is 2. The largest absolute Gasteiger partial charge is 0.344 e. The van der Waals surface area contributed by atoms with Crippen LogP contribution in [0, 0.1) is 0 Å². The normalized spacial score (nSPS) is 10.7. The Balaban J connectivity index is 1.58. The molecule has 0 aliphatic carbocycles. The predicted molar refractivity (Wildman–Crippen MR) is 83.3 cm³/mol. The van der Waals surface area contributed by atoms with E-state index in [2.05, 4.69) is 20.6 Å². The summed E-state index contributed by atoms with van der Waals surface area (Å²) >= 11 is 11.6. The van der Waals surface area contributed by atoms with Gasteiger partial charge in [-0.15, -0.1) is 0 Å². The monoisotopic (exact) mass is 351 g/mol. The van der Waals surface area contributed by atoms with Gasteiger partial charge in [0.15, 0.2) is 5.82 Å².